The number of halogens is 1. The van der Waals surface area contributed by atoms with Crippen molar-refractivity contribution in [2.75, 3.05) is 13.1 Å². The van der Waals surface area contributed by atoms with Gasteiger partial charge in [0.1, 0.15) is 0 Å². The quantitative estimate of drug-likeness (QED) is 0.801. The molecule has 0 spiro atoms. The number of hydrogen-bond acceptors (Lipinski definition) is 3. The van der Waals surface area contributed by atoms with Crippen LogP contribution in [-0.4, -0.2) is 21.5 Å². The van der Waals surface area contributed by atoms with Crippen LogP contribution >= 0.6 is 11.6 Å². The second-order valence-corrected chi connectivity index (χ2v) is 4.84. The average molecular weight is 235 g/mol. The Balaban J connectivity index is 2.87. The minimum absolute atomic E-state index is 0.190. The molecule has 1 aromatic rings. The Labute approximate surface area is 88.1 Å². The molecule has 14 heavy (non-hydrogen) atoms. The van der Waals surface area contributed by atoms with E-state index in [9.17, 15) is 8.42 Å². The fraction of sp³-hybridized carbons (Fsp3) is 0.250. The normalized spacial score (nSPS) is 11.6. The SMILES string of the molecule is NCCNS(=O)(=O)c1ccc(Cl)cc1. The third-order valence-corrected chi connectivity index (χ3v) is 3.29. The molecule has 0 aliphatic rings. The highest BCUT2D eigenvalue weighted by Gasteiger charge is 2.11. The second-order valence-electron chi connectivity index (χ2n) is 2.64. The van der Waals surface area contributed by atoms with Crippen LogP contribution in [0, 0.1) is 0 Å². The minimum Gasteiger partial charge on any atom is -0.329 e. The lowest BCUT2D eigenvalue weighted by molar-refractivity contribution is 0.582. The topological polar surface area (TPSA) is 72.2 Å². The monoisotopic (exact) mass is 234 g/mol. The molecule has 0 aliphatic heterocycles. The minimum atomic E-state index is -3.43. The van der Waals surface area contributed by atoms with Crippen LogP contribution in [-0.2, 0) is 10.0 Å². The molecule has 0 saturated carbocycles. The Morgan fingerprint density at radius 1 is 1.29 bits per heavy atom. The highest BCUT2D eigenvalue weighted by atomic mass is 35.5. The van der Waals surface area contributed by atoms with Crippen LogP contribution in [0.15, 0.2) is 29.2 Å². The van der Waals surface area contributed by atoms with E-state index in [0.717, 1.165) is 0 Å². The van der Waals surface area contributed by atoms with Crippen LogP contribution in [0.3, 0.4) is 0 Å². The molecule has 0 bridgehead atoms. The third-order valence-electron chi connectivity index (χ3n) is 1.56. The summed E-state index contributed by atoms with van der Waals surface area (Å²) in [7, 11) is -3.43. The summed E-state index contributed by atoms with van der Waals surface area (Å²) >= 11 is 5.63. The van der Waals surface area contributed by atoms with E-state index in [1.165, 1.54) is 24.3 Å². The number of hydrogen-bond donors (Lipinski definition) is 2. The summed E-state index contributed by atoms with van der Waals surface area (Å²) in [5, 5.41) is 0.503. The van der Waals surface area contributed by atoms with Crippen LogP contribution in [0.1, 0.15) is 0 Å². The molecule has 0 saturated heterocycles. The molecule has 1 aromatic carbocycles. The number of rotatable bonds is 4. The number of benzene rings is 1. The van der Waals surface area contributed by atoms with Crippen molar-refractivity contribution in [3.05, 3.63) is 29.3 Å². The van der Waals surface area contributed by atoms with Gasteiger partial charge in [-0.1, -0.05) is 11.6 Å². The van der Waals surface area contributed by atoms with Gasteiger partial charge in [0.15, 0.2) is 0 Å². The Morgan fingerprint density at radius 2 is 1.86 bits per heavy atom. The van der Waals surface area contributed by atoms with E-state index >= 15 is 0 Å². The Kier molecular flexibility index (Phi) is 3.88. The summed E-state index contributed by atoms with van der Waals surface area (Å²) in [6.45, 7) is 0.498. The molecule has 0 heterocycles. The van der Waals surface area contributed by atoms with E-state index in [1.807, 2.05) is 0 Å². The largest absolute Gasteiger partial charge is 0.329 e. The highest BCUT2D eigenvalue weighted by Crippen LogP contribution is 2.13. The zero-order valence-electron chi connectivity index (χ0n) is 7.40. The third kappa shape index (κ3) is 2.95. The predicted octanol–water partition coefficient (Wildman–Crippen LogP) is 0.577. The Bertz CT molecular complexity index is 388. The molecule has 78 valence electrons. The van der Waals surface area contributed by atoms with Crippen molar-refractivity contribution in [1.29, 1.82) is 0 Å². The summed E-state index contributed by atoms with van der Waals surface area (Å²) in [5.74, 6) is 0. The summed E-state index contributed by atoms with van der Waals surface area (Å²) in [6.07, 6.45) is 0. The Hall–Kier alpha value is -0.620. The van der Waals surface area contributed by atoms with Gasteiger partial charge in [-0.25, -0.2) is 13.1 Å². The maximum atomic E-state index is 11.5. The van der Waals surface area contributed by atoms with Crippen molar-refractivity contribution in [2.24, 2.45) is 5.73 Å². The van der Waals surface area contributed by atoms with Crippen LogP contribution in [0.4, 0.5) is 0 Å². The molecule has 0 aromatic heterocycles. The van der Waals surface area contributed by atoms with Gasteiger partial charge in [-0.3, -0.25) is 0 Å². The van der Waals surface area contributed by atoms with Crippen molar-refractivity contribution in [2.45, 2.75) is 4.90 Å². The highest BCUT2D eigenvalue weighted by molar-refractivity contribution is 7.89. The maximum Gasteiger partial charge on any atom is 0.240 e. The second kappa shape index (κ2) is 4.75. The van der Waals surface area contributed by atoms with Gasteiger partial charge in [-0.2, -0.15) is 0 Å². The van der Waals surface area contributed by atoms with Gasteiger partial charge < -0.3 is 5.73 Å². The number of nitrogens with two attached hydrogens (primary N) is 1. The molecule has 6 heteroatoms. The molecular formula is C8H11ClN2O2S. The summed E-state index contributed by atoms with van der Waals surface area (Å²) in [6, 6.07) is 5.94. The molecule has 4 nitrogen and oxygen atoms in total. The zero-order chi connectivity index (χ0) is 10.6. The van der Waals surface area contributed by atoms with Crippen LogP contribution in [0.2, 0.25) is 5.02 Å². The number of nitrogens with one attached hydrogen (secondary N) is 1. The molecule has 1 rings (SSSR count). The van der Waals surface area contributed by atoms with Crippen molar-refractivity contribution in [1.82, 2.24) is 4.72 Å². The number of sulfonamides is 1. The molecule has 0 aliphatic carbocycles. The lowest BCUT2D eigenvalue weighted by Gasteiger charge is -2.04. The lowest BCUT2D eigenvalue weighted by atomic mass is 10.4. The van der Waals surface area contributed by atoms with E-state index in [2.05, 4.69) is 4.72 Å². The molecule has 0 atom stereocenters. The standard InChI is InChI=1S/C8H11ClN2O2S/c9-7-1-3-8(4-2-7)14(12,13)11-6-5-10/h1-4,11H,5-6,10H2. The Morgan fingerprint density at radius 3 is 2.36 bits per heavy atom. The molecular weight excluding hydrogens is 224 g/mol. The van der Waals surface area contributed by atoms with Gasteiger partial charge >= 0.3 is 0 Å². The van der Waals surface area contributed by atoms with Gasteiger partial charge in [-0.05, 0) is 24.3 Å². The van der Waals surface area contributed by atoms with Crippen LogP contribution < -0.4 is 10.5 Å². The van der Waals surface area contributed by atoms with Crippen molar-refractivity contribution >= 4 is 21.6 Å². The fourth-order valence-corrected chi connectivity index (χ4v) is 2.06. The average Bonchev–Trinajstić information content (AvgIpc) is 2.16. The van der Waals surface area contributed by atoms with Crippen molar-refractivity contribution in [3.63, 3.8) is 0 Å². The summed E-state index contributed by atoms with van der Waals surface area (Å²) < 4.78 is 25.3. The van der Waals surface area contributed by atoms with Gasteiger partial charge in [0.2, 0.25) is 10.0 Å². The summed E-state index contributed by atoms with van der Waals surface area (Å²) in [4.78, 5) is 0.190. The van der Waals surface area contributed by atoms with Crippen molar-refractivity contribution < 1.29 is 8.42 Å². The van der Waals surface area contributed by atoms with E-state index < -0.39 is 10.0 Å². The molecule has 0 fully saturated rings. The molecule has 0 amide bonds. The van der Waals surface area contributed by atoms with Crippen LogP contribution in [0.5, 0.6) is 0 Å². The van der Waals surface area contributed by atoms with E-state index in [1.54, 1.807) is 0 Å². The van der Waals surface area contributed by atoms with E-state index in [4.69, 9.17) is 17.3 Å². The smallest absolute Gasteiger partial charge is 0.240 e. The predicted molar refractivity (Wildman–Crippen MR) is 55.7 cm³/mol. The first kappa shape index (κ1) is 11.5. The van der Waals surface area contributed by atoms with E-state index in [-0.39, 0.29) is 18.0 Å². The van der Waals surface area contributed by atoms with E-state index in [0.29, 0.717) is 5.02 Å². The molecule has 0 radical (unpaired) electrons. The van der Waals surface area contributed by atoms with Crippen LogP contribution in [0.25, 0.3) is 0 Å². The van der Waals surface area contributed by atoms with Gasteiger partial charge in [0.05, 0.1) is 4.90 Å². The zero-order valence-corrected chi connectivity index (χ0v) is 8.98. The lowest BCUT2D eigenvalue weighted by Crippen LogP contribution is -2.29. The molecule has 3 N–H and O–H groups in total. The van der Waals surface area contributed by atoms with Gasteiger partial charge in [0, 0.05) is 18.1 Å². The first-order valence-electron chi connectivity index (χ1n) is 4.01. The van der Waals surface area contributed by atoms with Gasteiger partial charge in [-0.15, -0.1) is 0 Å². The fourth-order valence-electron chi connectivity index (χ4n) is 0.890. The molecule has 0 unspecified atom stereocenters. The first-order chi connectivity index (χ1) is 6.56. The first-order valence-corrected chi connectivity index (χ1v) is 5.87. The maximum absolute atomic E-state index is 11.5. The van der Waals surface area contributed by atoms with Crippen molar-refractivity contribution in [3.8, 4) is 0 Å². The summed E-state index contributed by atoms with van der Waals surface area (Å²) in [5.41, 5.74) is 5.19. The van der Waals surface area contributed by atoms with Gasteiger partial charge in [0.25, 0.3) is 0 Å².